The van der Waals surface area contributed by atoms with Crippen molar-refractivity contribution < 1.29 is 0 Å². The Morgan fingerprint density at radius 2 is 1.81 bits per heavy atom. The Morgan fingerprint density at radius 3 is 2.62 bits per heavy atom. The molecule has 0 aliphatic carbocycles. The van der Waals surface area contributed by atoms with Crippen molar-refractivity contribution in [3.63, 3.8) is 0 Å². The van der Waals surface area contributed by atoms with Crippen LogP contribution in [0.5, 0.6) is 0 Å². The number of nitrogens with zero attached hydrogens (tertiary/aromatic N) is 6. The van der Waals surface area contributed by atoms with E-state index in [2.05, 4.69) is 60.7 Å². The van der Waals surface area contributed by atoms with Crippen LogP contribution in [0.25, 0.3) is 5.65 Å². The van der Waals surface area contributed by atoms with Crippen molar-refractivity contribution >= 4 is 11.3 Å². The Morgan fingerprint density at radius 1 is 1.04 bits per heavy atom. The summed E-state index contributed by atoms with van der Waals surface area (Å²) in [6.07, 6.45) is 1.64. The molecule has 0 bridgehead atoms. The second-order valence-electron chi connectivity index (χ2n) is 6.83. The number of aromatic nitrogens is 4. The molecule has 3 aromatic rings. The topological polar surface area (TPSA) is 61.6 Å². The Kier molecular flexibility index (Phi) is 5.08. The summed E-state index contributed by atoms with van der Waals surface area (Å²) >= 11 is 0. The predicted molar refractivity (Wildman–Crippen MR) is 102 cm³/mol. The highest BCUT2D eigenvalue weighted by Gasteiger charge is 2.16. The number of hydrogen-bond donors (Lipinski definition) is 1. The van der Waals surface area contributed by atoms with Gasteiger partial charge in [0.1, 0.15) is 6.33 Å². The van der Waals surface area contributed by atoms with Crippen LogP contribution in [0.4, 0.5) is 5.69 Å². The molecule has 1 saturated heterocycles. The van der Waals surface area contributed by atoms with Crippen LogP contribution in [-0.2, 0) is 6.54 Å². The van der Waals surface area contributed by atoms with E-state index in [1.807, 2.05) is 13.0 Å². The minimum Gasteiger partial charge on any atom is -0.381 e. The molecular weight excluding hydrogens is 326 g/mol. The highest BCUT2D eigenvalue weighted by Crippen LogP contribution is 2.14. The molecule has 2 aromatic heterocycles. The van der Waals surface area contributed by atoms with Crippen LogP contribution in [0.2, 0.25) is 0 Å². The van der Waals surface area contributed by atoms with Crippen LogP contribution >= 0.6 is 0 Å². The molecule has 1 N–H and O–H groups in total. The van der Waals surface area contributed by atoms with Crippen molar-refractivity contribution in [3.05, 3.63) is 54.0 Å². The number of benzene rings is 1. The first-order chi connectivity index (χ1) is 12.8. The van der Waals surface area contributed by atoms with Gasteiger partial charge in [-0.1, -0.05) is 30.3 Å². The number of anilines is 1. The van der Waals surface area contributed by atoms with E-state index in [1.165, 1.54) is 5.56 Å². The van der Waals surface area contributed by atoms with Crippen LogP contribution in [0.15, 0.2) is 42.7 Å². The Hall–Kier alpha value is -2.51. The van der Waals surface area contributed by atoms with Gasteiger partial charge in [-0.2, -0.15) is 9.61 Å². The Balaban J connectivity index is 1.24. The number of nitrogens with one attached hydrogen (secondary N) is 1. The summed E-state index contributed by atoms with van der Waals surface area (Å²) in [4.78, 5) is 5.05. The second kappa shape index (κ2) is 7.80. The number of hydrogen-bond acceptors (Lipinski definition) is 6. The molecule has 1 aromatic carbocycles. The van der Waals surface area contributed by atoms with Crippen molar-refractivity contribution in [1.29, 1.82) is 0 Å². The molecule has 7 heteroatoms. The van der Waals surface area contributed by atoms with E-state index in [4.69, 9.17) is 0 Å². The lowest BCUT2D eigenvalue weighted by atomic mass is 10.2. The van der Waals surface area contributed by atoms with E-state index < -0.39 is 0 Å². The number of fused-ring (bicyclic) bond motifs is 1. The zero-order valence-electron chi connectivity index (χ0n) is 15.2. The van der Waals surface area contributed by atoms with Crippen LogP contribution in [0.1, 0.15) is 11.3 Å². The van der Waals surface area contributed by atoms with Gasteiger partial charge in [-0.3, -0.25) is 9.80 Å². The molecule has 1 fully saturated rings. The van der Waals surface area contributed by atoms with Crippen LogP contribution < -0.4 is 5.32 Å². The molecule has 4 rings (SSSR count). The van der Waals surface area contributed by atoms with Gasteiger partial charge in [0.05, 0.1) is 11.4 Å². The van der Waals surface area contributed by atoms with Crippen molar-refractivity contribution in [3.8, 4) is 0 Å². The summed E-state index contributed by atoms with van der Waals surface area (Å²) in [7, 11) is 0. The van der Waals surface area contributed by atoms with E-state index in [0.717, 1.165) is 62.8 Å². The average molecular weight is 351 g/mol. The number of aryl methyl sites for hydroxylation is 1. The van der Waals surface area contributed by atoms with E-state index >= 15 is 0 Å². The van der Waals surface area contributed by atoms with Gasteiger partial charge in [-0.05, 0) is 18.6 Å². The molecule has 26 heavy (non-hydrogen) atoms. The monoisotopic (exact) mass is 351 g/mol. The summed E-state index contributed by atoms with van der Waals surface area (Å²) in [5.74, 6) is 0. The maximum Gasteiger partial charge on any atom is 0.200 e. The summed E-state index contributed by atoms with van der Waals surface area (Å²) in [6.45, 7) is 9.43. The Labute approximate surface area is 153 Å². The normalized spacial score (nSPS) is 16.2. The molecule has 7 nitrogen and oxygen atoms in total. The van der Waals surface area contributed by atoms with Gasteiger partial charge in [-0.25, -0.2) is 0 Å². The minimum atomic E-state index is 0.781. The van der Waals surface area contributed by atoms with E-state index in [-0.39, 0.29) is 0 Å². The molecule has 1 aliphatic rings. The molecule has 0 unspecified atom stereocenters. The lowest BCUT2D eigenvalue weighted by molar-refractivity contribution is 0.130. The SMILES string of the molecule is Cc1cc(NCCN2CCN(Cc3ccccc3)CC2)c2nncn2n1. The fourth-order valence-corrected chi connectivity index (χ4v) is 3.44. The van der Waals surface area contributed by atoms with Gasteiger partial charge in [0, 0.05) is 45.8 Å². The van der Waals surface area contributed by atoms with Gasteiger partial charge in [0.25, 0.3) is 0 Å². The molecule has 1 aliphatic heterocycles. The molecule has 0 atom stereocenters. The van der Waals surface area contributed by atoms with E-state index in [9.17, 15) is 0 Å². The van der Waals surface area contributed by atoms with Gasteiger partial charge >= 0.3 is 0 Å². The maximum atomic E-state index is 4.37. The van der Waals surface area contributed by atoms with E-state index in [0.29, 0.717) is 0 Å². The number of piperazine rings is 1. The minimum absolute atomic E-state index is 0.781. The highest BCUT2D eigenvalue weighted by atomic mass is 15.3. The first-order valence-electron chi connectivity index (χ1n) is 9.18. The molecule has 0 spiro atoms. The van der Waals surface area contributed by atoms with Crippen molar-refractivity contribution in [2.75, 3.05) is 44.6 Å². The molecule has 3 heterocycles. The third-order valence-electron chi connectivity index (χ3n) is 4.85. The van der Waals surface area contributed by atoms with Crippen molar-refractivity contribution in [2.24, 2.45) is 0 Å². The summed E-state index contributed by atoms with van der Waals surface area (Å²) in [5.41, 5.74) is 4.13. The van der Waals surface area contributed by atoms with Gasteiger partial charge in [-0.15, -0.1) is 10.2 Å². The van der Waals surface area contributed by atoms with Gasteiger partial charge < -0.3 is 5.32 Å². The maximum absolute atomic E-state index is 4.37. The second-order valence-corrected chi connectivity index (χ2v) is 6.83. The highest BCUT2D eigenvalue weighted by molar-refractivity contribution is 5.66. The van der Waals surface area contributed by atoms with Gasteiger partial charge in [0.2, 0.25) is 5.65 Å². The third kappa shape index (κ3) is 4.00. The summed E-state index contributed by atoms with van der Waals surface area (Å²) in [5, 5.41) is 15.9. The van der Waals surface area contributed by atoms with Crippen LogP contribution in [0.3, 0.4) is 0 Å². The van der Waals surface area contributed by atoms with Gasteiger partial charge in [0.15, 0.2) is 0 Å². The fourth-order valence-electron chi connectivity index (χ4n) is 3.44. The smallest absolute Gasteiger partial charge is 0.200 e. The zero-order valence-corrected chi connectivity index (χ0v) is 15.2. The fraction of sp³-hybridized carbons (Fsp3) is 0.421. The quantitative estimate of drug-likeness (QED) is 0.729. The summed E-state index contributed by atoms with van der Waals surface area (Å²) < 4.78 is 1.72. The van der Waals surface area contributed by atoms with Crippen molar-refractivity contribution in [1.82, 2.24) is 29.6 Å². The molecule has 0 saturated carbocycles. The lowest BCUT2D eigenvalue weighted by Crippen LogP contribution is -2.47. The Bertz CT molecular complexity index is 837. The zero-order chi connectivity index (χ0) is 17.8. The van der Waals surface area contributed by atoms with Crippen molar-refractivity contribution in [2.45, 2.75) is 13.5 Å². The standard InChI is InChI=1S/C19H25N7/c1-16-13-18(19-22-21-15-26(19)23-16)20-7-8-24-9-11-25(12-10-24)14-17-5-3-2-4-6-17/h2-6,13,15,20H,7-12,14H2,1H3. The van der Waals surface area contributed by atoms with Crippen LogP contribution in [0, 0.1) is 6.92 Å². The third-order valence-corrected chi connectivity index (χ3v) is 4.85. The average Bonchev–Trinajstić information content (AvgIpc) is 3.12. The lowest BCUT2D eigenvalue weighted by Gasteiger charge is -2.34. The number of rotatable bonds is 6. The predicted octanol–water partition coefficient (Wildman–Crippen LogP) is 1.66. The molecule has 136 valence electrons. The molecule has 0 amide bonds. The molecular formula is C19H25N7. The van der Waals surface area contributed by atoms with Crippen LogP contribution in [-0.4, -0.2) is 68.9 Å². The van der Waals surface area contributed by atoms with E-state index in [1.54, 1.807) is 10.8 Å². The largest absolute Gasteiger partial charge is 0.381 e. The molecule has 0 radical (unpaired) electrons. The summed E-state index contributed by atoms with van der Waals surface area (Å²) in [6, 6.07) is 12.7. The first-order valence-corrected chi connectivity index (χ1v) is 9.18. The first kappa shape index (κ1) is 16.9.